The van der Waals surface area contributed by atoms with Crippen LogP contribution in [0.2, 0.25) is 0 Å². The summed E-state index contributed by atoms with van der Waals surface area (Å²) in [5.41, 5.74) is 3.58. The van der Waals surface area contributed by atoms with E-state index >= 15 is 0 Å². The van der Waals surface area contributed by atoms with Gasteiger partial charge in [0.05, 0.1) is 0 Å². The van der Waals surface area contributed by atoms with E-state index in [1.165, 1.54) is 20.8 Å². The van der Waals surface area contributed by atoms with E-state index in [4.69, 9.17) is 23.4 Å². The zero-order chi connectivity index (χ0) is 23.3. The summed E-state index contributed by atoms with van der Waals surface area (Å²) in [5.74, 6) is 1.74. The number of nitrogens with zero attached hydrogens (tertiary/aromatic N) is 2. The highest BCUT2D eigenvalue weighted by molar-refractivity contribution is 7.18. The molecule has 0 atom stereocenters. The Hall–Kier alpha value is -2.72. The predicted octanol–water partition coefficient (Wildman–Crippen LogP) is 0.345. The van der Waals surface area contributed by atoms with Gasteiger partial charge in [-0.25, -0.2) is 18.6 Å². The smallest absolute Gasteiger partial charge is 0.263 e. The number of rotatable bonds is 4. The summed E-state index contributed by atoms with van der Waals surface area (Å²) in [5, 5.41) is 1.25. The molecule has 9 heteroatoms. The van der Waals surface area contributed by atoms with E-state index in [0.29, 0.717) is 0 Å². The summed E-state index contributed by atoms with van der Waals surface area (Å²) in [7, 11) is -0.933. The van der Waals surface area contributed by atoms with Crippen molar-refractivity contribution in [3.05, 3.63) is 83.2 Å². The van der Waals surface area contributed by atoms with Gasteiger partial charge in [-0.15, -0.1) is 10.2 Å². The zero-order valence-electron chi connectivity index (χ0n) is 17.9. The highest BCUT2D eigenvalue weighted by Crippen LogP contribution is 2.35. The van der Waals surface area contributed by atoms with Crippen LogP contribution in [-0.4, -0.2) is 19.0 Å². The normalized spacial score (nSPS) is 14.6. The van der Waals surface area contributed by atoms with Crippen molar-refractivity contribution in [2.45, 2.75) is 13.5 Å². The van der Waals surface area contributed by atoms with E-state index < -0.39 is 10.2 Å². The highest BCUT2D eigenvalue weighted by atomic mass is 35.7. The minimum Gasteiger partial charge on any atom is -0.457 e. The molecule has 32 heavy (non-hydrogen) atoms. The molecule has 0 bridgehead atoms. The van der Waals surface area contributed by atoms with E-state index in [2.05, 4.69) is 60.0 Å². The topological polar surface area (TPSA) is 109 Å². The lowest BCUT2D eigenvalue weighted by Gasteiger charge is -2.18. The fourth-order valence-corrected chi connectivity index (χ4v) is 4.40. The van der Waals surface area contributed by atoms with Crippen LogP contribution in [0.4, 0.5) is 0 Å². The maximum atomic E-state index is 8.49. The Morgan fingerprint density at radius 2 is 1.69 bits per heavy atom. The number of para-hydroxylation sites is 2. The van der Waals surface area contributed by atoms with Crippen LogP contribution in [0.15, 0.2) is 72.6 Å². The number of ether oxygens (including phenoxy) is 1. The molecule has 1 aromatic heterocycles. The number of hydrogen-bond donors (Lipinski definition) is 0. The number of hydrogen-bond acceptors (Lipinski definition) is 7. The van der Waals surface area contributed by atoms with Crippen molar-refractivity contribution in [2.24, 2.45) is 0 Å². The van der Waals surface area contributed by atoms with E-state index in [-0.39, 0.29) is 0 Å². The number of aromatic nitrogens is 1. The van der Waals surface area contributed by atoms with Gasteiger partial charge in [-0.2, -0.15) is 4.57 Å². The second kappa shape index (κ2) is 10.3. The highest BCUT2D eigenvalue weighted by Gasteiger charge is 2.20. The molecular formula is C23H23ClN2O5S. The average molecular weight is 475 g/mol. The lowest BCUT2D eigenvalue weighted by Crippen LogP contribution is -2.68. The fraction of sp³-hybridized carbons (Fsp3) is 0.174. The first-order valence-electron chi connectivity index (χ1n) is 9.74. The minimum atomic E-state index is -4.94. The van der Waals surface area contributed by atoms with Crippen LogP contribution >= 0.6 is 11.3 Å². The third kappa shape index (κ3) is 6.39. The van der Waals surface area contributed by atoms with E-state index in [9.17, 15) is 0 Å². The molecule has 4 rings (SSSR count). The number of fused-ring (bicyclic) bond motifs is 2. The number of allylic oxidation sites excluding steroid dienone is 3. The number of aryl methyl sites for hydroxylation is 1. The Balaban J connectivity index is 0.000000523. The molecule has 0 saturated carbocycles. The van der Waals surface area contributed by atoms with E-state index in [0.717, 1.165) is 23.6 Å². The largest absolute Gasteiger partial charge is 0.457 e. The maximum Gasteiger partial charge on any atom is 0.263 e. The molecule has 0 radical (unpaired) electrons. The van der Waals surface area contributed by atoms with Crippen LogP contribution in [0.5, 0.6) is 5.75 Å². The van der Waals surface area contributed by atoms with Crippen LogP contribution in [-0.2, 0) is 6.54 Å². The van der Waals surface area contributed by atoms with Gasteiger partial charge in [0.15, 0.2) is 0 Å². The summed E-state index contributed by atoms with van der Waals surface area (Å²) in [4.78, 5) is 2.01. The Morgan fingerprint density at radius 1 is 1.03 bits per heavy atom. The Kier molecular flexibility index (Phi) is 7.68. The quantitative estimate of drug-likeness (QED) is 0.505. The standard InChI is InChI=1S/C23H23N2OS.ClHO4/c1-4-25-20-10-6-8-12-22(20)27-23(25)16-17-15-18(13-14-24(2)3)26-21-11-7-5-9-19(17)21;2-1(3,4)5/h5-16H,4H2,1-3H3;(H,2,3,4,5)/q+1;/p-1. The molecule has 168 valence electrons. The van der Waals surface area contributed by atoms with Crippen molar-refractivity contribution in [1.82, 2.24) is 4.90 Å². The van der Waals surface area contributed by atoms with Crippen molar-refractivity contribution in [2.75, 3.05) is 14.1 Å². The van der Waals surface area contributed by atoms with Crippen LogP contribution in [0.25, 0.3) is 21.9 Å². The number of thiazole rings is 1. The summed E-state index contributed by atoms with van der Waals surface area (Å²) in [6, 6.07) is 16.8. The van der Waals surface area contributed by atoms with Gasteiger partial charge in [0, 0.05) is 38.0 Å². The van der Waals surface area contributed by atoms with Crippen LogP contribution < -0.4 is 27.9 Å². The number of benzene rings is 2. The van der Waals surface area contributed by atoms with Crippen molar-refractivity contribution < 1.29 is 38.2 Å². The van der Waals surface area contributed by atoms with E-state index in [1.807, 2.05) is 54.7 Å². The first-order chi connectivity index (χ1) is 15.2. The third-order valence-corrected chi connectivity index (χ3v) is 5.60. The second-order valence-electron chi connectivity index (χ2n) is 7.05. The Bertz CT molecular complexity index is 1170. The predicted molar refractivity (Wildman–Crippen MR) is 114 cm³/mol. The summed E-state index contributed by atoms with van der Waals surface area (Å²) in [6.45, 7) is 3.14. The molecule has 7 nitrogen and oxygen atoms in total. The molecule has 2 aromatic carbocycles. The molecule has 2 heterocycles. The zero-order valence-corrected chi connectivity index (χ0v) is 19.4. The van der Waals surface area contributed by atoms with Gasteiger partial charge in [-0.3, -0.25) is 0 Å². The maximum absolute atomic E-state index is 8.49. The van der Waals surface area contributed by atoms with Crippen molar-refractivity contribution in [3.8, 4) is 5.75 Å². The van der Waals surface area contributed by atoms with Crippen molar-refractivity contribution in [1.29, 1.82) is 0 Å². The number of halogens is 1. The molecule has 3 aromatic rings. The molecule has 1 aliphatic rings. The first-order valence-corrected chi connectivity index (χ1v) is 11.8. The van der Waals surface area contributed by atoms with Crippen LogP contribution in [0.3, 0.4) is 0 Å². The van der Waals surface area contributed by atoms with Gasteiger partial charge in [0.25, 0.3) is 5.01 Å². The van der Waals surface area contributed by atoms with Crippen molar-refractivity contribution >= 4 is 33.2 Å². The second-order valence-corrected chi connectivity index (χ2v) is 8.87. The first kappa shape index (κ1) is 23.9. The van der Waals surface area contributed by atoms with Crippen molar-refractivity contribution in [3.63, 3.8) is 0 Å². The fourth-order valence-electron chi connectivity index (χ4n) is 3.23. The SMILES string of the molecule is CC[n+]1c(/C=C2/C=C(C=CN(C)C)Oc3ccccc32)sc2ccccc21.[O-][Cl+3]([O-])([O-])[O-]. The summed E-state index contributed by atoms with van der Waals surface area (Å²) in [6.07, 6.45) is 8.40. The van der Waals surface area contributed by atoms with Gasteiger partial charge in [-0.05, 0) is 36.8 Å². The lowest BCUT2D eigenvalue weighted by atomic mass is 10.0. The minimum absolute atomic E-state index is 0.845. The third-order valence-electron chi connectivity index (χ3n) is 4.49. The molecule has 1 aliphatic heterocycles. The Morgan fingerprint density at radius 3 is 2.38 bits per heavy atom. The molecule has 0 unspecified atom stereocenters. The molecule has 0 spiro atoms. The summed E-state index contributed by atoms with van der Waals surface area (Å²) < 4.78 is 43.7. The average Bonchev–Trinajstić information content (AvgIpc) is 3.08. The molecule has 0 amide bonds. The van der Waals surface area contributed by atoms with Crippen LogP contribution in [0, 0.1) is 10.2 Å². The van der Waals surface area contributed by atoms with Gasteiger partial charge < -0.3 is 9.64 Å². The van der Waals surface area contributed by atoms with Gasteiger partial charge in [-0.1, -0.05) is 41.7 Å². The van der Waals surface area contributed by atoms with Crippen LogP contribution in [0.1, 0.15) is 17.5 Å². The van der Waals surface area contributed by atoms with Gasteiger partial charge >= 0.3 is 0 Å². The molecule has 0 saturated heterocycles. The summed E-state index contributed by atoms with van der Waals surface area (Å²) >= 11 is 1.83. The molecular weight excluding hydrogens is 452 g/mol. The molecule has 0 fully saturated rings. The Labute approximate surface area is 192 Å². The molecule has 0 N–H and O–H groups in total. The lowest BCUT2D eigenvalue weighted by molar-refractivity contribution is -2.00. The molecule has 0 aliphatic carbocycles. The van der Waals surface area contributed by atoms with Gasteiger partial charge in [0.1, 0.15) is 22.8 Å². The van der Waals surface area contributed by atoms with Gasteiger partial charge in [0.2, 0.25) is 5.52 Å². The van der Waals surface area contributed by atoms with E-state index in [1.54, 1.807) is 0 Å². The monoisotopic (exact) mass is 474 g/mol.